The van der Waals surface area contributed by atoms with Gasteiger partial charge < -0.3 is 25.0 Å². The van der Waals surface area contributed by atoms with Crippen molar-refractivity contribution in [3.05, 3.63) is 29.3 Å². The van der Waals surface area contributed by atoms with Gasteiger partial charge in [0.25, 0.3) is 5.91 Å². The highest BCUT2D eigenvalue weighted by molar-refractivity contribution is 6.60. The Hall–Kier alpha value is -2.23. The van der Waals surface area contributed by atoms with Crippen LogP contribution in [0.4, 0.5) is 0 Å². The number of aldehydes is 1. The molecule has 2 amide bonds. The number of ether oxygens (including phenoxy) is 1. The van der Waals surface area contributed by atoms with Crippen molar-refractivity contribution in [1.82, 2.24) is 10.2 Å². The van der Waals surface area contributed by atoms with E-state index in [4.69, 9.17) is 4.74 Å². The first kappa shape index (κ1) is 19.1. The van der Waals surface area contributed by atoms with E-state index < -0.39 is 7.12 Å². The van der Waals surface area contributed by atoms with Gasteiger partial charge in [-0.2, -0.15) is 0 Å². The van der Waals surface area contributed by atoms with Gasteiger partial charge >= 0.3 is 7.12 Å². The van der Waals surface area contributed by atoms with Crippen molar-refractivity contribution in [3.8, 4) is 0 Å². The third-order valence-electron chi connectivity index (χ3n) is 4.13. The maximum atomic E-state index is 12.4. The normalized spacial score (nSPS) is 17.1. The van der Waals surface area contributed by atoms with Crippen molar-refractivity contribution in [3.63, 3.8) is 0 Å². The fourth-order valence-electron chi connectivity index (χ4n) is 2.86. The van der Waals surface area contributed by atoms with Crippen LogP contribution in [0.1, 0.15) is 33.6 Å². The van der Waals surface area contributed by atoms with Crippen molar-refractivity contribution >= 4 is 30.7 Å². The number of piperidine rings is 1. The molecule has 134 valence electrons. The van der Waals surface area contributed by atoms with Crippen LogP contribution in [0.3, 0.4) is 0 Å². The van der Waals surface area contributed by atoms with Gasteiger partial charge in [-0.1, -0.05) is 6.07 Å². The molecule has 1 unspecified atom stereocenters. The van der Waals surface area contributed by atoms with Crippen LogP contribution in [0.2, 0.25) is 0 Å². The number of hydrogen-bond donors (Lipinski definition) is 3. The second kappa shape index (κ2) is 8.75. The van der Waals surface area contributed by atoms with Gasteiger partial charge in [0.2, 0.25) is 5.91 Å². The van der Waals surface area contributed by atoms with Crippen molar-refractivity contribution in [2.45, 2.75) is 18.9 Å². The number of carbonyl (C=O) groups is 3. The van der Waals surface area contributed by atoms with E-state index in [-0.39, 0.29) is 41.1 Å². The molecule has 1 aromatic rings. The second-order valence-electron chi connectivity index (χ2n) is 5.92. The van der Waals surface area contributed by atoms with Crippen LogP contribution in [0.15, 0.2) is 18.2 Å². The van der Waals surface area contributed by atoms with E-state index >= 15 is 0 Å². The maximum Gasteiger partial charge on any atom is 0.489 e. The van der Waals surface area contributed by atoms with Crippen LogP contribution in [-0.4, -0.2) is 73.0 Å². The molecule has 3 N–H and O–H groups in total. The van der Waals surface area contributed by atoms with E-state index in [0.717, 1.165) is 12.8 Å². The van der Waals surface area contributed by atoms with E-state index in [0.29, 0.717) is 19.4 Å². The molecule has 1 aliphatic rings. The third kappa shape index (κ3) is 4.88. The van der Waals surface area contributed by atoms with Gasteiger partial charge in [0.05, 0.1) is 0 Å². The third-order valence-corrected chi connectivity index (χ3v) is 4.13. The van der Waals surface area contributed by atoms with Crippen LogP contribution in [0.5, 0.6) is 0 Å². The zero-order valence-electron chi connectivity index (χ0n) is 14.0. The molecule has 8 nitrogen and oxygen atoms in total. The number of nitrogens with one attached hydrogen (secondary N) is 1. The summed E-state index contributed by atoms with van der Waals surface area (Å²) in [6, 6.07) is 3.88. The molecule has 1 fully saturated rings. The highest BCUT2D eigenvalue weighted by Crippen LogP contribution is 2.12. The number of nitrogens with zero attached hydrogens (tertiary/aromatic N) is 1. The smallest absolute Gasteiger partial charge is 0.423 e. The zero-order chi connectivity index (χ0) is 18.4. The van der Waals surface area contributed by atoms with Gasteiger partial charge in [-0.25, -0.2) is 0 Å². The van der Waals surface area contributed by atoms with Crippen LogP contribution in [0, 0.1) is 0 Å². The molecule has 9 heteroatoms. The second-order valence-corrected chi connectivity index (χ2v) is 5.92. The molecule has 1 heterocycles. The lowest BCUT2D eigenvalue weighted by Crippen LogP contribution is -2.50. The highest BCUT2D eigenvalue weighted by atomic mass is 16.5. The van der Waals surface area contributed by atoms with E-state index in [9.17, 15) is 24.4 Å². The molecule has 2 rings (SSSR count). The van der Waals surface area contributed by atoms with Crippen molar-refractivity contribution in [2.24, 2.45) is 0 Å². The Morgan fingerprint density at radius 2 is 2.20 bits per heavy atom. The molecule has 25 heavy (non-hydrogen) atoms. The van der Waals surface area contributed by atoms with Gasteiger partial charge in [0.1, 0.15) is 12.9 Å². The number of methoxy groups -OCH3 is 1. The highest BCUT2D eigenvalue weighted by Gasteiger charge is 2.25. The van der Waals surface area contributed by atoms with Crippen LogP contribution in [0.25, 0.3) is 0 Å². The van der Waals surface area contributed by atoms with Gasteiger partial charge in [-0.05, 0) is 30.4 Å². The summed E-state index contributed by atoms with van der Waals surface area (Å²) in [4.78, 5) is 37.0. The monoisotopic (exact) mass is 348 g/mol. The molecule has 0 saturated carbocycles. The summed E-state index contributed by atoms with van der Waals surface area (Å²) in [5.74, 6) is -0.501. The van der Waals surface area contributed by atoms with Gasteiger partial charge in [0.15, 0.2) is 0 Å². The fourth-order valence-corrected chi connectivity index (χ4v) is 2.86. The van der Waals surface area contributed by atoms with E-state index in [1.165, 1.54) is 25.3 Å². The molecule has 1 aliphatic heterocycles. The lowest BCUT2D eigenvalue weighted by Gasteiger charge is -2.33. The average Bonchev–Trinajstić information content (AvgIpc) is 2.61. The molecule has 1 aromatic carbocycles. The minimum atomic E-state index is -1.78. The molecule has 0 aromatic heterocycles. The first-order valence-corrected chi connectivity index (χ1v) is 7.99. The summed E-state index contributed by atoms with van der Waals surface area (Å²) in [5, 5.41) is 21.2. The first-order valence-electron chi connectivity index (χ1n) is 7.99. The van der Waals surface area contributed by atoms with Gasteiger partial charge in [0, 0.05) is 37.4 Å². The summed E-state index contributed by atoms with van der Waals surface area (Å²) in [6.45, 7) is 1.04. The molecule has 0 spiro atoms. The Bertz CT molecular complexity index is 652. The standard InChI is InChI=1S/C16H21BN2O6/c1-25-10-15(21)19-6-2-3-13(8-19)18-16(22)11-4-5-14(17(23)24)12(7-11)9-20/h4-5,7,9,13,23-24H,2-3,6,8,10H2,1H3,(H,18,22). The van der Waals surface area contributed by atoms with E-state index in [1.807, 2.05) is 0 Å². The molecular formula is C16H21BN2O6. The summed E-state index contributed by atoms with van der Waals surface area (Å²) in [7, 11) is -0.324. The van der Waals surface area contributed by atoms with Gasteiger partial charge in [-0.3, -0.25) is 14.4 Å². The fraction of sp³-hybridized carbons (Fsp3) is 0.438. The molecule has 0 aliphatic carbocycles. The predicted octanol–water partition coefficient (Wildman–Crippen LogP) is -1.45. The quantitative estimate of drug-likeness (QED) is 0.428. The van der Waals surface area contributed by atoms with Crippen LogP contribution >= 0.6 is 0 Å². The minimum Gasteiger partial charge on any atom is -0.423 e. The predicted molar refractivity (Wildman–Crippen MR) is 90.6 cm³/mol. The van der Waals surface area contributed by atoms with Crippen molar-refractivity contribution in [2.75, 3.05) is 26.8 Å². The molecule has 0 radical (unpaired) electrons. The lowest BCUT2D eigenvalue weighted by molar-refractivity contribution is -0.136. The van der Waals surface area contributed by atoms with E-state index in [1.54, 1.807) is 4.90 Å². The number of amides is 2. The Morgan fingerprint density at radius 1 is 1.44 bits per heavy atom. The number of hydrogen-bond acceptors (Lipinski definition) is 6. The molecule has 1 saturated heterocycles. The van der Waals surface area contributed by atoms with E-state index in [2.05, 4.69) is 5.32 Å². The summed E-state index contributed by atoms with van der Waals surface area (Å²) >= 11 is 0. The summed E-state index contributed by atoms with van der Waals surface area (Å²) in [6.07, 6.45) is 1.99. The molecule has 0 bridgehead atoms. The lowest BCUT2D eigenvalue weighted by atomic mass is 9.77. The average molecular weight is 348 g/mol. The zero-order valence-corrected chi connectivity index (χ0v) is 14.0. The number of rotatable bonds is 6. The first-order chi connectivity index (χ1) is 12.0. The minimum absolute atomic E-state index is 0.00824. The Morgan fingerprint density at radius 3 is 2.84 bits per heavy atom. The van der Waals surface area contributed by atoms with Crippen LogP contribution < -0.4 is 10.8 Å². The number of likely N-dealkylation sites (tertiary alicyclic amines) is 1. The number of benzene rings is 1. The molecule has 1 atom stereocenters. The van der Waals surface area contributed by atoms with Crippen molar-refractivity contribution in [1.29, 1.82) is 0 Å². The Kier molecular flexibility index (Phi) is 6.69. The number of carbonyl (C=O) groups excluding carboxylic acids is 3. The van der Waals surface area contributed by atoms with Crippen molar-refractivity contribution < 1.29 is 29.2 Å². The summed E-state index contributed by atoms with van der Waals surface area (Å²) < 4.78 is 4.85. The Labute approximate surface area is 145 Å². The Balaban J connectivity index is 2.04. The van der Waals surface area contributed by atoms with Crippen LogP contribution in [-0.2, 0) is 9.53 Å². The maximum absolute atomic E-state index is 12.4. The van der Waals surface area contributed by atoms with Gasteiger partial charge in [-0.15, -0.1) is 0 Å². The largest absolute Gasteiger partial charge is 0.489 e. The topological polar surface area (TPSA) is 116 Å². The SMILES string of the molecule is COCC(=O)N1CCCC(NC(=O)c2ccc(B(O)O)c(C=O)c2)C1. The molecular weight excluding hydrogens is 327 g/mol. The summed E-state index contributed by atoms with van der Waals surface area (Å²) in [5.41, 5.74) is 0.329.